The lowest BCUT2D eigenvalue weighted by atomic mass is 10.2. The molecule has 0 fully saturated rings. The van der Waals surface area contributed by atoms with E-state index < -0.39 is 0 Å². The molecule has 5 nitrogen and oxygen atoms in total. The Kier molecular flexibility index (Phi) is 7.18. The van der Waals surface area contributed by atoms with E-state index in [4.69, 9.17) is 39.5 Å². The van der Waals surface area contributed by atoms with Gasteiger partial charge in [0.25, 0.3) is 0 Å². The van der Waals surface area contributed by atoms with Crippen LogP contribution >= 0.6 is 34.8 Å². The number of ether oxygens (including phenoxy) is 1. The molecule has 3 aromatic rings. The third kappa shape index (κ3) is 6.28. The Morgan fingerprint density at radius 1 is 0.833 bits per heavy atom. The first-order valence-corrected chi connectivity index (χ1v) is 8.09. The fourth-order valence-electron chi connectivity index (χ4n) is 1.60. The van der Waals surface area contributed by atoms with Gasteiger partial charge in [-0.25, -0.2) is 15.0 Å². The quantitative estimate of drug-likeness (QED) is 0.455. The lowest BCUT2D eigenvalue weighted by molar-refractivity contribution is 0.461. The summed E-state index contributed by atoms with van der Waals surface area (Å²) >= 11 is 16.4. The predicted molar refractivity (Wildman–Crippen MR) is 95.0 cm³/mol. The van der Waals surface area contributed by atoms with E-state index in [0.717, 1.165) is 12.2 Å². The highest BCUT2D eigenvalue weighted by molar-refractivity contribution is 6.31. The molecule has 3 rings (SSSR count). The molecular formula is C16H13Cl3N4O. The van der Waals surface area contributed by atoms with Gasteiger partial charge in [0.15, 0.2) is 0 Å². The molecule has 0 unspecified atom stereocenters. The molecule has 2 heterocycles. The van der Waals surface area contributed by atoms with Gasteiger partial charge in [-0.2, -0.15) is 4.98 Å². The van der Waals surface area contributed by atoms with Crippen LogP contribution in [0.25, 0.3) is 0 Å². The van der Waals surface area contributed by atoms with E-state index in [2.05, 4.69) is 26.9 Å². The zero-order valence-electron chi connectivity index (χ0n) is 12.7. The van der Waals surface area contributed by atoms with Crippen LogP contribution in [-0.4, -0.2) is 19.9 Å². The summed E-state index contributed by atoms with van der Waals surface area (Å²) in [5.74, 6) is 1.19. The van der Waals surface area contributed by atoms with E-state index in [-0.39, 0.29) is 10.6 Å². The number of hydrogen-bond acceptors (Lipinski definition) is 5. The molecule has 0 amide bonds. The average molecular weight is 384 g/mol. The van der Waals surface area contributed by atoms with E-state index in [1.807, 2.05) is 24.3 Å². The topological polar surface area (TPSA) is 60.8 Å². The Bertz CT molecular complexity index is 767. The van der Waals surface area contributed by atoms with Crippen molar-refractivity contribution in [3.63, 3.8) is 0 Å². The Hall–Kier alpha value is -1.95. The van der Waals surface area contributed by atoms with Gasteiger partial charge in [0.05, 0.1) is 0 Å². The van der Waals surface area contributed by atoms with Crippen LogP contribution in [0, 0.1) is 0 Å². The minimum Gasteiger partial charge on any atom is -0.439 e. The van der Waals surface area contributed by atoms with Crippen LogP contribution in [0.5, 0.6) is 11.6 Å². The van der Waals surface area contributed by atoms with Crippen LogP contribution in [0.4, 0.5) is 0 Å². The summed E-state index contributed by atoms with van der Waals surface area (Å²) in [7, 11) is 0. The highest BCUT2D eigenvalue weighted by Crippen LogP contribution is 2.20. The normalized spacial score (nSPS) is 9.83. The highest BCUT2D eigenvalue weighted by Gasteiger charge is 2.00. The first kappa shape index (κ1) is 18.4. The fraction of sp³-hybridized carbons (Fsp3) is 0.125. The maximum Gasteiger partial charge on any atom is 0.225 e. The molecule has 0 bridgehead atoms. The van der Waals surface area contributed by atoms with Crippen LogP contribution in [0.3, 0.4) is 0 Å². The van der Waals surface area contributed by atoms with E-state index in [1.165, 1.54) is 11.8 Å². The van der Waals surface area contributed by atoms with Gasteiger partial charge >= 0.3 is 0 Å². The van der Waals surface area contributed by atoms with Crippen molar-refractivity contribution in [2.24, 2.45) is 0 Å². The van der Waals surface area contributed by atoms with E-state index in [1.54, 1.807) is 18.3 Å². The molecule has 124 valence electrons. The van der Waals surface area contributed by atoms with Gasteiger partial charge in [-0.15, -0.1) is 0 Å². The first-order valence-electron chi connectivity index (χ1n) is 6.96. The van der Waals surface area contributed by atoms with Crippen molar-refractivity contribution in [2.75, 3.05) is 0 Å². The molecule has 0 radical (unpaired) electrons. The Morgan fingerprint density at radius 3 is 1.96 bits per heavy atom. The number of hydrogen-bond donors (Lipinski definition) is 0. The molecule has 0 N–H and O–H groups in total. The summed E-state index contributed by atoms with van der Waals surface area (Å²) in [5, 5.41) is 0.727. The van der Waals surface area contributed by atoms with Crippen molar-refractivity contribution in [2.45, 2.75) is 13.3 Å². The van der Waals surface area contributed by atoms with Gasteiger partial charge in [0.1, 0.15) is 10.9 Å². The van der Waals surface area contributed by atoms with Crippen LogP contribution in [0.2, 0.25) is 15.7 Å². The second kappa shape index (κ2) is 9.37. The van der Waals surface area contributed by atoms with E-state index in [0.29, 0.717) is 11.0 Å². The molecule has 2 aromatic heterocycles. The van der Waals surface area contributed by atoms with Crippen molar-refractivity contribution in [3.05, 3.63) is 70.1 Å². The largest absolute Gasteiger partial charge is 0.439 e. The number of aromatic nitrogens is 4. The summed E-state index contributed by atoms with van der Waals surface area (Å²) in [6.07, 6.45) is 4.07. The molecule has 0 atom stereocenters. The molecule has 0 saturated heterocycles. The second-order valence-corrected chi connectivity index (χ2v) is 5.48. The molecule has 0 aliphatic heterocycles. The minimum atomic E-state index is 0.178. The SMILES string of the molecule is CCc1ccc(Oc2ccnc(Cl)n2)cc1.Clc1ccnc(Cl)n1. The average Bonchev–Trinajstić information content (AvgIpc) is 2.56. The number of aryl methyl sites for hydroxylation is 1. The van der Waals surface area contributed by atoms with Crippen LogP contribution < -0.4 is 4.74 Å². The number of nitrogens with zero attached hydrogens (tertiary/aromatic N) is 4. The van der Waals surface area contributed by atoms with Gasteiger partial charge in [0.2, 0.25) is 16.4 Å². The van der Waals surface area contributed by atoms with Crippen molar-refractivity contribution in [3.8, 4) is 11.6 Å². The van der Waals surface area contributed by atoms with Crippen molar-refractivity contribution < 1.29 is 4.74 Å². The third-order valence-corrected chi connectivity index (χ3v) is 3.32. The molecule has 1 aromatic carbocycles. The molecule has 0 spiro atoms. The van der Waals surface area contributed by atoms with Gasteiger partial charge in [-0.3, -0.25) is 0 Å². The summed E-state index contributed by atoms with van der Waals surface area (Å²) in [4.78, 5) is 14.9. The molecular weight excluding hydrogens is 371 g/mol. The Labute approximate surface area is 154 Å². The standard InChI is InChI=1S/C12H11ClN2O.C4H2Cl2N2/c1-2-9-3-5-10(6-4-9)16-11-7-8-14-12(13)15-11;5-3-1-2-7-4(6)8-3/h3-8H,2H2,1H3;1-2H. The maximum atomic E-state index is 5.66. The second-order valence-electron chi connectivity index (χ2n) is 4.41. The van der Waals surface area contributed by atoms with Gasteiger partial charge < -0.3 is 4.74 Å². The van der Waals surface area contributed by atoms with Crippen LogP contribution in [0.15, 0.2) is 48.8 Å². The summed E-state index contributed by atoms with van der Waals surface area (Å²) in [6.45, 7) is 2.11. The number of halogens is 3. The number of rotatable bonds is 3. The summed E-state index contributed by atoms with van der Waals surface area (Å²) < 4.78 is 5.52. The smallest absolute Gasteiger partial charge is 0.225 e. The summed E-state index contributed by atoms with van der Waals surface area (Å²) in [6, 6.07) is 11.1. The van der Waals surface area contributed by atoms with Crippen molar-refractivity contribution in [1.29, 1.82) is 0 Å². The monoisotopic (exact) mass is 382 g/mol. The highest BCUT2D eigenvalue weighted by atomic mass is 35.5. The van der Waals surface area contributed by atoms with Crippen molar-refractivity contribution in [1.82, 2.24) is 19.9 Å². The van der Waals surface area contributed by atoms with Gasteiger partial charge in [0, 0.05) is 18.5 Å². The van der Waals surface area contributed by atoms with Gasteiger partial charge in [-0.05, 0) is 53.4 Å². The third-order valence-electron chi connectivity index (χ3n) is 2.75. The number of benzene rings is 1. The maximum absolute atomic E-state index is 5.66. The molecule has 0 saturated carbocycles. The fourth-order valence-corrected chi connectivity index (χ4v) is 2.07. The summed E-state index contributed by atoms with van der Waals surface area (Å²) in [5.41, 5.74) is 1.27. The Balaban J connectivity index is 0.000000219. The van der Waals surface area contributed by atoms with E-state index in [9.17, 15) is 0 Å². The molecule has 24 heavy (non-hydrogen) atoms. The molecule has 0 aliphatic carbocycles. The molecule has 8 heteroatoms. The van der Waals surface area contributed by atoms with E-state index >= 15 is 0 Å². The first-order chi connectivity index (χ1) is 11.6. The zero-order chi connectivity index (χ0) is 17.4. The van der Waals surface area contributed by atoms with Crippen LogP contribution in [0.1, 0.15) is 12.5 Å². The van der Waals surface area contributed by atoms with Gasteiger partial charge in [-0.1, -0.05) is 30.7 Å². The zero-order valence-corrected chi connectivity index (χ0v) is 14.9. The lowest BCUT2D eigenvalue weighted by Gasteiger charge is -2.04. The minimum absolute atomic E-state index is 0.178. The van der Waals surface area contributed by atoms with Crippen molar-refractivity contribution >= 4 is 34.8 Å². The van der Waals surface area contributed by atoms with Crippen LogP contribution in [-0.2, 0) is 6.42 Å². The Morgan fingerprint density at radius 2 is 1.46 bits per heavy atom. The molecule has 0 aliphatic rings. The lowest BCUT2D eigenvalue weighted by Crippen LogP contribution is -1.89. The predicted octanol–water partition coefficient (Wildman–Crippen LogP) is 5.27.